The summed E-state index contributed by atoms with van der Waals surface area (Å²) in [5.74, 6) is -0.693. The van der Waals surface area contributed by atoms with E-state index in [0.29, 0.717) is 13.0 Å². The van der Waals surface area contributed by atoms with Gasteiger partial charge in [-0.25, -0.2) is 0 Å². The van der Waals surface area contributed by atoms with Crippen LogP contribution in [0.25, 0.3) is 0 Å². The van der Waals surface area contributed by atoms with Crippen molar-refractivity contribution in [3.05, 3.63) is 46.0 Å². The van der Waals surface area contributed by atoms with E-state index in [2.05, 4.69) is 0 Å². The lowest BCUT2D eigenvalue weighted by Gasteiger charge is -2.12. The molecule has 0 N–H and O–H groups in total. The van der Waals surface area contributed by atoms with E-state index >= 15 is 0 Å². The van der Waals surface area contributed by atoms with Crippen LogP contribution >= 0.6 is 0 Å². The molecule has 0 unspecified atom stereocenters. The van der Waals surface area contributed by atoms with Gasteiger partial charge in [-0.05, 0) is 18.9 Å². The van der Waals surface area contributed by atoms with E-state index in [4.69, 9.17) is 4.74 Å². The van der Waals surface area contributed by atoms with Crippen LogP contribution in [0.1, 0.15) is 18.9 Å². The van der Waals surface area contributed by atoms with Gasteiger partial charge in [-0.15, -0.1) is 0 Å². The van der Waals surface area contributed by atoms with Gasteiger partial charge in [0, 0.05) is 10.8 Å². The quantitative estimate of drug-likeness (QED) is 0.422. The van der Waals surface area contributed by atoms with Crippen LogP contribution in [0, 0.1) is 16.0 Å². The second kappa shape index (κ2) is 7.42. The second-order valence-electron chi connectivity index (χ2n) is 4.08. The minimum atomic E-state index is -0.382. The molecular weight excluding hydrogens is 234 g/mol. The smallest absolute Gasteiger partial charge is 0.306 e. The highest BCUT2D eigenvalue weighted by Crippen LogP contribution is 2.13. The van der Waals surface area contributed by atoms with Crippen molar-refractivity contribution in [1.82, 2.24) is 0 Å². The molecule has 1 aromatic rings. The highest BCUT2D eigenvalue weighted by Gasteiger charge is 2.20. The third kappa shape index (κ3) is 5.43. The minimum Gasteiger partial charge on any atom is -0.466 e. The second-order valence-corrected chi connectivity index (χ2v) is 4.08. The maximum absolute atomic E-state index is 11.4. The number of ether oxygens (including phenoxy) is 1. The minimum absolute atomic E-state index is 0.0870. The van der Waals surface area contributed by atoms with Crippen molar-refractivity contribution in [3.8, 4) is 0 Å². The van der Waals surface area contributed by atoms with Crippen LogP contribution in [0.4, 0.5) is 0 Å². The summed E-state index contributed by atoms with van der Waals surface area (Å²) in [6, 6.07) is 9.44. The van der Waals surface area contributed by atoms with E-state index in [1.54, 1.807) is 6.92 Å². The van der Waals surface area contributed by atoms with Gasteiger partial charge in [-0.1, -0.05) is 30.3 Å². The molecule has 0 aromatic heterocycles. The molecule has 5 nitrogen and oxygen atoms in total. The Morgan fingerprint density at radius 3 is 2.61 bits per heavy atom. The Labute approximate surface area is 106 Å². The summed E-state index contributed by atoms with van der Waals surface area (Å²) >= 11 is 0. The predicted octanol–water partition coefficient (Wildman–Crippen LogP) is 2.08. The molecule has 1 atom stereocenters. The fraction of sp³-hybridized carbons (Fsp3) is 0.462. The number of rotatable bonds is 7. The summed E-state index contributed by atoms with van der Waals surface area (Å²) in [4.78, 5) is 21.6. The number of esters is 1. The number of nitro groups is 1. The summed E-state index contributed by atoms with van der Waals surface area (Å²) in [7, 11) is 0. The van der Waals surface area contributed by atoms with E-state index < -0.39 is 0 Å². The summed E-state index contributed by atoms with van der Waals surface area (Å²) in [6.07, 6.45) is 0.602. The Kier molecular flexibility index (Phi) is 5.84. The van der Waals surface area contributed by atoms with Crippen LogP contribution in [0.2, 0.25) is 0 Å². The molecule has 0 aliphatic rings. The molecule has 0 bridgehead atoms. The van der Waals surface area contributed by atoms with Gasteiger partial charge >= 0.3 is 5.97 Å². The number of benzene rings is 1. The molecule has 0 spiro atoms. The maximum Gasteiger partial charge on any atom is 0.306 e. The average molecular weight is 251 g/mol. The molecule has 18 heavy (non-hydrogen) atoms. The molecule has 1 rings (SSSR count). The fourth-order valence-corrected chi connectivity index (χ4v) is 1.82. The number of carbonyl (C=O) groups is 1. The summed E-state index contributed by atoms with van der Waals surface area (Å²) in [5, 5.41) is 10.6. The van der Waals surface area contributed by atoms with Crippen molar-refractivity contribution >= 4 is 5.97 Å². The zero-order valence-electron chi connectivity index (χ0n) is 10.4. The molecule has 0 saturated heterocycles. The molecule has 0 aliphatic heterocycles. The van der Waals surface area contributed by atoms with Crippen LogP contribution in [0.3, 0.4) is 0 Å². The number of hydrogen-bond acceptors (Lipinski definition) is 4. The van der Waals surface area contributed by atoms with Gasteiger partial charge in [0.2, 0.25) is 6.54 Å². The van der Waals surface area contributed by atoms with Crippen molar-refractivity contribution in [2.45, 2.75) is 19.8 Å². The largest absolute Gasteiger partial charge is 0.466 e. The first-order valence-electron chi connectivity index (χ1n) is 5.93. The molecule has 0 heterocycles. The molecule has 98 valence electrons. The number of hydrogen-bond donors (Lipinski definition) is 0. The Hall–Kier alpha value is -1.91. The van der Waals surface area contributed by atoms with Crippen molar-refractivity contribution in [2.24, 2.45) is 5.92 Å². The van der Waals surface area contributed by atoms with Gasteiger partial charge < -0.3 is 4.74 Å². The van der Waals surface area contributed by atoms with E-state index in [9.17, 15) is 14.9 Å². The highest BCUT2D eigenvalue weighted by atomic mass is 16.6. The van der Waals surface area contributed by atoms with Gasteiger partial charge in [0.25, 0.3) is 0 Å². The zero-order valence-corrected chi connectivity index (χ0v) is 10.4. The molecule has 0 fully saturated rings. The Balaban J connectivity index is 2.60. The van der Waals surface area contributed by atoms with Gasteiger partial charge in [0.15, 0.2) is 0 Å². The maximum atomic E-state index is 11.4. The third-order valence-electron chi connectivity index (χ3n) is 2.54. The van der Waals surface area contributed by atoms with E-state index in [0.717, 1.165) is 5.56 Å². The van der Waals surface area contributed by atoms with E-state index in [1.165, 1.54) is 0 Å². The molecule has 0 radical (unpaired) electrons. The van der Waals surface area contributed by atoms with Gasteiger partial charge in [0.05, 0.1) is 13.0 Å². The first-order valence-corrected chi connectivity index (χ1v) is 5.93. The van der Waals surface area contributed by atoms with Gasteiger partial charge in [-0.3, -0.25) is 14.9 Å². The van der Waals surface area contributed by atoms with Crippen LogP contribution < -0.4 is 0 Å². The highest BCUT2D eigenvalue weighted by molar-refractivity contribution is 5.69. The van der Waals surface area contributed by atoms with E-state index in [1.807, 2.05) is 30.3 Å². The lowest BCUT2D eigenvalue weighted by atomic mass is 9.96. The zero-order chi connectivity index (χ0) is 13.4. The first kappa shape index (κ1) is 14.2. The van der Waals surface area contributed by atoms with Crippen LogP contribution in [-0.2, 0) is 16.0 Å². The van der Waals surface area contributed by atoms with E-state index in [-0.39, 0.29) is 29.8 Å². The van der Waals surface area contributed by atoms with Crippen LogP contribution in [-0.4, -0.2) is 24.0 Å². The molecule has 0 aliphatic carbocycles. The van der Waals surface area contributed by atoms with Crippen LogP contribution in [0.5, 0.6) is 0 Å². The fourth-order valence-electron chi connectivity index (χ4n) is 1.82. The topological polar surface area (TPSA) is 69.4 Å². The summed E-state index contributed by atoms with van der Waals surface area (Å²) < 4.78 is 4.83. The van der Waals surface area contributed by atoms with Crippen molar-refractivity contribution in [3.63, 3.8) is 0 Å². The molecule has 0 saturated carbocycles. The summed E-state index contributed by atoms with van der Waals surface area (Å²) in [6.45, 7) is 1.81. The Bertz CT molecular complexity index is 391. The van der Waals surface area contributed by atoms with Gasteiger partial charge in [0.1, 0.15) is 0 Å². The third-order valence-corrected chi connectivity index (χ3v) is 2.54. The SMILES string of the molecule is CCOC(=O)C[C@H](Cc1ccccc1)C[N+](=O)[O-]. The van der Waals surface area contributed by atoms with Gasteiger partial charge in [-0.2, -0.15) is 0 Å². The Morgan fingerprint density at radius 1 is 1.39 bits per heavy atom. The predicted molar refractivity (Wildman–Crippen MR) is 66.7 cm³/mol. The van der Waals surface area contributed by atoms with Crippen molar-refractivity contribution < 1.29 is 14.5 Å². The molecule has 0 amide bonds. The molecular formula is C13H17NO4. The molecule has 5 heteroatoms. The number of carbonyl (C=O) groups excluding carboxylic acids is 1. The standard InChI is InChI=1S/C13H17NO4/c1-2-18-13(15)9-12(10-14(16)17)8-11-6-4-3-5-7-11/h3-7,12H,2,8-10H2,1H3/t12-/m0/s1. The lowest BCUT2D eigenvalue weighted by molar-refractivity contribution is -0.488. The Morgan fingerprint density at radius 2 is 2.06 bits per heavy atom. The number of nitrogens with zero attached hydrogens (tertiary/aromatic N) is 1. The van der Waals surface area contributed by atoms with Crippen molar-refractivity contribution in [1.29, 1.82) is 0 Å². The average Bonchev–Trinajstić information content (AvgIpc) is 2.29. The lowest BCUT2D eigenvalue weighted by Crippen LogP contribution is -2.21. The monoisotopic (exact) mass is 251 g/mol. The van der Waals surface area contributed by atoms with Crippen molar-refractivity contribution in [2.75, 3.05) is 13.2 Å². The normalized spacial score (nSPS) is 11.8. The molecule has 1 aromatic carbocycles. The summed E-state index contributed by atoms with van der Waals surface area (Å²) in [5.41, 5.74) is 0.994. The van der Waals surface area contributed by atoms with Crippen LogP contribution in [0.15, 0.2) is 30.3 Å². The first-order chi connectivity index (χ1) is 8.61.